The summed E-state index contributed by atoms with van der Waals surface area (Å²) in [5, 5.41) is 0.642. The first-order valence-corrected chi connectivity index (χ1v) is 9.85. The quantitative estimate of drug-likeness (QED) is 0.726. The number of ether oxygens (including phenoxy) is 1. The Morgan fingerprint density at radius 1 is 1.12 bits per heavy atom. The van der Waals surface area contributed by atoms with E-state index >= 15 is 0 Å². The molecule has 0 aliphatic rings. The largest absolute Gasteiger partial charge is 0.462 e. The standard InChI is InChI=1S/C17H17Cl2NO4S/c1-3-24-17(21)13-6-4-11(2)16(9-13)20-25(22,23)10-12-5-7-14(18)15(19)8-12/h4-9,20H,3,10H2,1-2H3. The highest BCUT2D eigenvalue weighted by molar-refractivity contribution is 7.91. The number of sulfonamides is 1. The Labute approximate surface area is 157 Å². The van der Waals surface area contributed by atoms with Crippen molar-refractivity contribution in [3.05, 3.63) is 63.1 Å². The molecule has 2 aromatic rings. The van der Waals surface area contributed by atoms with Gasteiger partial charge < -0.3 is 4.74 Å². The first kappa shape index (κ1) is 19.6. The summed E-state index contributed by atoms with van der Waals surface area (Å²) in [5.41, 5.74) is 1.79. The lowest BCUT2D eigenvalue weighted by Crippen LogP contribution is -2.16. The highest BCUT2D eigenvalue weighted by Gasteiger charge is 2.16. The van der Waals surface area contributed by atoms with Crippen molar-refractivity contribution in [3.8, 4) is 0 Å². The van der Waals surface area contributed by atoms with E-state index in [9.17, 15) is 13.2 Å². The van der Waals surface area contributed by atoms with Gasteiger partial charge in [0.2, 0.25) is 10.0 Å². The minimum Gasteiger partial charge on any atom is -0.462 e. The molecule has 0 amide bonds. The van der Waals surface area contributed by atoms with E-state index in [-0.39, 0.29) is 22.9 Å². The van der Waals surface area contributed by atoms with Crippen LogP contribution in [0.15, 0.2) is 36.4 Å². The van der Waals surface area contributed by atoms with Gasteiger partial charge in [0.1, 0.15) is 0 Å². The van der Waals surface area contributed by atoms with Crippen molar-refractivity contribution in [2.75, 3.05) is 11.3 Å². The van der Waals surface area contributed by atoms with Gasteiger partial charge in [-0.1, -0.05) is 35.3 Å². The fourth-order valence-corrected chi connectivity index (χ4v) is 3.69. The number of hydrogen-bond acceptors (Lipinski definition) is 4. The van der Waals surface area contributed by atoms with Crippen LogP contribution in [0.5, 0.6) is 0 Å². The molecule has 2 aromatic carbocycles. The van der Waals surface area contributed by atoms with E-state index in [1.807, 2.05) is 0 Å². The Kier molecular flexibility index (Phi) is 6.32. The third-order valence-electron chi connectivity index (χ3n) is 3.35. The van der Waals surface area contributed by atoms with Crippen LogP contribution in [0.4, 0.5) is 5.69 Å². The van der Waals surface area contributed by atoms with Gasteiger partial charge in [0, 0.05) is 0 Å². The highest BCUT2D eigenvalue weighted by atomic mass is 35.5. The second kappa shape index (κ2) is 8.08. The summed E-state index contributed by atoms with van der Waals surface area (Å²) in [6.07, 6.45) is 0. The molecular formula is C17H17Cl2NO4S. The number of nitrogens with one attached hydrogen (secondary N) is 1. The first-order chi connectivity index (χ1) is 11.7. The number of carbonyl (C=O) groups is 1. The zero-order valence-corrected chi connectivity index (χ0v) is 16.0. The van der Waals surface area contributed by atoms with Gasteiger partial charge in [0.05, 0.1) is 33.7 Å². The Bertz CT molecular complexity index is 898. The molecule has 8 heteroatoms. The van der Waals surface area contributed by atoms with Crippen LogP contribution in [-0.4, -0.2) is 21.0 Å². The molecule has 0 radical (unpaired) electrons. The molecule has 0 saturated carbocycles. The molecule has 25 heavy (non-hydrogen) atoms. The zero-order valence-electron chi connectivity index (χ0n) is 13.7. The Balaban J connectivity index is 2.23. The first-order valence-electron chi connectivity index (χ1n) is 7.44. The maximum absolute atomic E-state index is 12.4. The minimum absolute atomic E-state index is 0.241. The van der Waals surface area contributed by atoms with Crippen molar-refractivity contribution in [2.24, 2.45) is 0 Å². The van der Waals surface area contributed by atoms with Crippen LogP contribution in [0.1, 0.15) is 28.4 Å². The molecule has 0 aliphatic heterocycles. The lowest BCUT2D eigenvalue weighted by Gasteiger charge is -2.12. The van der Waals surface area contributed by atoms with Crippen molar-refractivity contribution in [2.45, 2.75) is 19.6 Å². The average Bonchev–Trinajstić information content (AvgIpc) is 2.52. The highest BCUT2D eigenvalue weighted by Crippen LogP contribution is 2.25. The number of benzene rings is 2. The Morgan fingerprint density at radius 2 is 1.84 bits per heavy atom. The Morgan fingerprint density at radius 3 is 2.48 bits per heavy atom. The predicted molar refractivity (Wildman–Crippen MR) is 99.8 cm³/mol. The fourth-order valence-electron chi connectivity index (χ4n) is 2.13. The number of halogens is 2. The third-order valence-corrected chi connectivity index (χ3v) is 5.34. The van der Waals surface area contributed by atoms with E-state index in [2.05, 4.69) is 4.72 Å². The SMILES string of the molecule is CCOC(=O)c1ccc(C)c(NS(=O)(=O)Cc2ccc(Cl)c(Cl)c2)c1. The summed E-state index contributed by atoms with van der Waals surface area (Å²) in [6, 6.07) is 9.34. The van der Waals surface area contributed by atoms with Gasteiger partial charge in [-0.3, -0.25) is 4.72 Å². The summed E-state index contributed by atoms with van der Waals surface area (Å²) in [5.74, 6) is -0.778. The average molecular weight is 402 g/mol. The monoisotopic (exact) mass is 401 g/mol. The molecule has 0 bridgehead atoms. The molecule has 5 nitrogen and oxygen atoms in total. The van der Waals surface area contributed by atoms with Gasteiger partial charge in [0.25, 0.3) is 0 Å². The lowest BCUT2D eigenvalue weighted by atomic mass is 10.1. The molecule has 0 unspecified atom stereocenters. The van der Waals surface area contributed by atoms with Crippen LogP contribution in [0.25, 0.3) is 0 Å². The van der Waals surface area contributed by atoms with Crippen molar-refractivity contribution in [3.63, 3.8) is 0 Å². The van der Waals surface area contributed by atoms with Crippen molar-refractivity contribution >= 4 is 44.9 Å². The summed E-state index contributed by atoms with van der Waals surface area (Å²) >= 11 is 11.7. The van der Waals surface area contributed by atoms with Gasteiger partial charge in [0.15, 0.2) is 0 Å². The van der Waals surface area contributed by atoms with Crippen LogP contribution in [0, 0.1) is 6.92 Å². The molecular weight excluding hydrogens is 385 g/mol. The van der Waals surface area contributed by atoms with Gasteiger partial charge in [-0.2, -0.15) is 0 Å². The topological polar surface area (TPSA) is 72.5 Å². The van der Waals surface area contributed by atoms with E-state index < -0.39 is 16.0 Å². The van der Waals surface area contributed by atoms with Gasteiger partial charge >= 0.3 is 5.97 Å². The second-order valence-corrected chi connectivity index (χ2v) is 7.90. The van der Waals surface area contributed by atoms with Crippen LogP contribution >= 0.6 is 23.2 Å². The maximum atomic E-state index is 12.4. The smallest absolute Gasteiger partial charge is 0.338 e. The molecule has 0 heterocycles. The number of rotatable bonds is 6. The van der Waals surface area contributed by atoms with E-state index in [4.69, 9.17) is 27.9 Å². The molecule has 0 spiro atoms. The van der Waals surface area contributed by atoms with Crippen LogP contribution in [0.2, 0.25) is 10.0 Å². The number of aryl methyl sites for hydroxylation is 1. The van der Waals surface area contributed by atoms with E-state index in [0.29, 0.717) is 21.8 Å². The van der Waals surface area contributed by atoms with Crippen LogP contribution in [0.3, 0.4) is 0 Å². The van der Waals surface area contributed by atoms with Crippen LogP contribution < -0.4 is 4.72 Å². The van der Waals surface area contributed by atoms with Crippen molar-refractivity contribution in [1.82, 2.24) is 0 Å². The summed E-state index contributed by atoms with van der Waals surface area (Å²) in [4.78, 5) is 11.8. The minimum atomic E-state index is -3.70. The van der Waals surface area contributed by atoms with E-state index in [1.54, 1.807) is 38.1 Å². The molecule has 0 atom stereocenters. The summed E-state index contributed by atoms with van der Waals surface area (Å²) in [6.45, 7) is 3.68. The van der Waals surface area contributed by atoms with E-state index in [1.165, 1.54) is 12.1 Å². The number of esters is 1. The number of carbonyl (C=O) groups excluding carboxylic acids is 1. The summed E-state index contributed by atoms with van der Waals surface area (Å²) in [7, 11) is -3.70. The van der Waals surface area contributed by atoms with Gasteiger partial charge in [-0.25, -0.2) is 13.2 Å². The third kappa shape index (κ3) is 5.36. The lowest BCUT2D eigenvalue weighted by molar-refractivity contribution is 0.0526. The molecule has 1 N–H and O–H groups in total. The Hall–Kier alpha value is -1.76. The molecule has 0 fully saturated rings. The second-order valence-electron chi connectivity index (χ2n) is 5.36. The number of hydrogen-bond donors (Lipinski definition) is 1. The van der Waals surface area contributed by atoms with Gasteiger partial charge in [-0.15, -0.1) is 0 Å². The van der Waals surface area contributed by atoms with Crippen LogP contribution in [-0.2, 0) is 20.5 Å². The molecule has 0 aliphatic carbocycles. The molecule has 0 saturated heterocycles. The molecule has 2 rings (SSSR count). The maximum Gasteiger partial charge on any atom is 0.338 e. The summed E-state index contributed by atoms with van der Waals surface area (Å²) < 4.78 is 32.3. The normalized spacial score (nSPS) is 11.2. The van der Waals surface area contributed by atoms with Gasteiger partial charge in [-0.05, 0) is 49.2 Å². The van der Waals surface area contributed by atoms with Crippen molar-refractivity contribution in [1.29, 1.82) is 0 Å². The molecule has 0 aromatic heterocycles. The van der Waals surface area contributed by atoms with E-state index in [0.717, 1.165) is 0 Å². The zero-order chi connectivity index (χ0) is 18.6. The fraction of sp³-hybridized carbons (Fsp3) is 0.235. The predicted octanol–water partition coefficient (Wildman–Crippen LogP) is 4.42. The van der Waals surface area contributed by atoms with Crippen molar-refractivity contribution < 1.29 is 17.9 Å². The molecule has 134 valence electrons. The number of anilines is 1.